The standard InChI is InChI=1S/C30H39N7O3/c1-18-12-14-20(15-13-18)16-37-24-25(31-19(2)21-10-7-11-21)32-27(28-35-30(38)40-36-28)33-26(24)34-29(37)23(17-39-3)22-8-5-4-6-9-22/h4-6,8-9,18-21,23H,7,10-17H2,1-3H3,(H,31,32,33)(H,35,36,38)/t18-,19-,20-,23?/m1/s1. The second-order valence-electron chi connectivity index (χ2n) is 11.8. The van der Waals surface area contributed by atoms with E-state index in [1.54, 1.807) is 7.11 Å². The van der Waals surface area contributed by atoms with E-state index in [4.69, 9.17) is 24.2 Å². The fourth-order valence-electron chi connectivity index (χ4n) is 6.25. The highest BCUT2D eigenvalue weighted by atomic mass is 16.5. The summed E-state index contributed by atoms with van der Waals surface area (Å²) in [5, 5.41) is 7.59. The molecular weight excluding hydrogens is 506 g/mol. The van der Waals surface area contributed by atoms with Gasteiger partial charge in [-0.05, 0) is 55.9 Å². The van der Waals surface area contributed by atoms with Gasteiger partial charge in [0.25, 0.3) is 0 Å². The van der Waals surface area contributed by atoms with Crippen molar-refractivity contribution >= 4 is 17.0 Å². The second kappa shape index (κ2) is 11.5. The maximum absolute atomic E-state index is 11.8. The molecule has 1 aromatic carbocycles. The normalized spacial score (nSPS) is 21.3. The predicted octanol–water partition coefficient (Wildman–Crippen LogP) is 5.37. The number of benzene rings is 1. The Morgan fingerprint density at radius 2 is 1.88 bits per heavy atom. The topological polar surface area (TPSA) is 124 Å². The summed E-state index contributed by atoms with van der Waals surface area (Å²) in [6.07, 6.45) is 8.57. The molecule has 3 heterocycles. The average molecular weight is 546 g/mol. The van der Waals surface area contributed by atoms with Crippen molar-refractivity contribution in [2.45, 2.75) is 77.3 Å². The largest absolute Gasteiger partial charge is 0.439 e. The third kappa shape index (κ3) is 5.41. The summed E-state index contributed by atoms with van der Waals surface area (Å²) in [5.41, 5.74) is 2.62. The van der Waals surface area contributed by atoms with Gasteiger partial charge in [-0.3, -0.25) is 9.51 Å². The minimum absolute atomic E-state index is 0.0740. The summed E-state index contributed by atoms with van der Waals surface area (Å²) < 4.78 is 12.9. The fourth-order valence-corrected chi connectivity index (χ4v) is 6.25. The third-order valence-corrected chi connectivity index (χ3v) is 8.93. The van der Waals surface area contributed by atoms with E-state index in [0.717, 1.165) is 35.2 Å². The molecule has 1 unspecified atom stereocenters. The monoisotopic (exact) mass is 545 g/mol. The van der Waals surface area contributed by atoms with E-state index in [1.165, 1.54) is 44.9 Å². The molecule has 10 heteroatoms. The first-order valence-corrected chi connectivity index (χ1v) is 14.6. The van der Waals surface area contributed by atoms with Crippen LogP contribution in [-0.2, 0) is 11.3 Å². The van der Waals surface area contributed by atoms with Gasteiger partial charge in [-0.2, -0.15) is 0 Å². The first kappa shape index (κ1) is 26.7. The molecule has 2 fully saturated rings. The first-order chi connectivity index (χ1) is 19.5. The van der Waals surface area contributed by atoms with Crippen LogP contribution in [0.5, 0.6) is 0 Å². The molecular formula is C30H39N7O3. The maximum atomic E-state index is 11.8. The van der Waals surface area contributed by atoms with Gasteiger partial charge in [-0.25, -0.2) is 19.7 Å². The van der Waals surface area contributed by atoms with Crippen LogP contribution in [0.1, 0.15) is 76.1 Å². The zero-order valence-electron chi connectivity index (χ0n) is 23.6. The Kier molecular flexibility index (Phi) is 7.69. The predicted molar refractivity (Wildman–Crippen MR) is 153 cm³/mol. The lowest BCUT2D eigenvalue weighted by molar-refractivity contribution is 0.184. The highest BCUT2D eigenvalue weighted by Crippen LogP contribution is 2.37. The molecule has 0 saturated heterocycles. The quantitative estimate of drug-likeness (QED) is 0.272. The van der Waals surface area contributed by atoms with Crippen molar-refractivity contribution in [3.8, 4) is 11.6 Å². The Morgan fingerprint density at radius 1 is 1.10 bits per heavy atom. The van der Waals surface area contributed by atoms with E-state index in [2.05, 4.69) is 58.1 Å². The van der Waals surface area contributed by atoms with Crippen LogP contribution in [0.4, 0.5) is 5.82 Å². The summed E-state index contributed by atoms with van der Waals surface area (Å²) >= 11 is 0. The molecule has 0 amide bonds. The number of nitrogens with zero attached hydrogens (tertiary/aromatic N) is 5. The van der Waals surface area contributed by atoms with Gasteiger partial charge < -0.3 is 14.6 Å². The molecule has 2 aliphatic carbocycles. The van der Waals surface area contributed by atoms with E-state index < -0.39 is 5.76 Å². The molecule has 2 N–H and O–H groups in total. The number of hydrogen-bond acceptors (Lipinski definition) is 8. The minimum Gasteiger partial charge on any atom is -0.384 e. The lowest BCUT2D eigenvalue weighted by Crippen LogP contribution is -2.31. The number of nitrogens with one attached hydrogen (secondary N) is 2. The van der Waals surface area contributed by atoms with Crippen LogP contribution in [0, 0.1) is 17.8 Å². The minimum atomic E-state index is -0.641. The second-order valence-corrected chi connectivity index (χ2v) is 11.8. The van der Waals surface area contributed by atoms with Crippen LogP contribution in [0.25, 0.3) is 22.8 Å². The number of hydrogen-bond donors (Lipinski definition) is 2. The molecule has 0 spiro atoms. The zero-order valence-corrected chi connectivity index (χ0v) is 23.6. The van der Waals surface area contributed by atoms with E-state index in [1.807, 2.05) is 6.07 Å². The Hall–Kier alpha value is -3.53. The SMILES string of the molecule is COCC(c1ccccc1)c1nc2nc(-c3noc(=O)[nH]3)nc(N[C@H](C)C3CCC3)c2n1C[C@H]1CC[C@H](C)CC1. The summed E-state index contributed by atoms with van der Waals surface area (Å²) in [6, 6.07) is 10.6. The third-order valence-electron chi connectivity index (χ3n) is 8.93. The lowest BCUT2D eigenvalue weighted by Gasteiger charge is -2.32. The van der Waals surface area contributed by atoms with Crippen LogP contribution >= 0.6 is 0 Å². The smallest absolute Gasteiger partial charge is 0.384 e. The number of H-pyrrole nitrogens is 1. The molecule has 3 aromatic heterocycles. The van der Waals surface area contributed by atoms with Gasteiger partial charge in [0.15, 0.2) is 11.5 Å². The number of rotatable bonds is 10. The zero-order chi connectivity index (χ0) is 27.6. The molecule has 212 valence electrons. The molecule has 6 rings (SSSR count). The van der Waals surface area contributed by atoms with Crippen LogP contribution in [0.15, 0.2) is 39.6 Å². The number of methoxy groups -OCH3 is 1. The highest BCUT2D eigenvalue weighted by molar-refractivity contribution is 5.86. The number of anilines is 1. The number of imidazole rings is 1. The molecule has 10 nitrogen and oxygen atoms in total. The number of fused-ring (bicyclic) bond motifs is 1. The molecule has 2 saturated carbocycles. The summed E-state index contributed by atoms with van der Waals surface area (Å²) in [5.74, 6) is 3.32. The van der Waals surface area contributed by atoms with Crippen molar-refractivity contribution in [2.24, 2.45) is 17.8 Å². The number of ether oxygens (including phenoxy) is 1. The molecule has 0 radical (unpaired) electrons. The maximum Gasteiger partial charge on any atom is 0.439 e. The lowest BCUT2D eigenvalue weighted by atomic mass is 9.80. The van der Waals surface area contributed by atoms with E-state index >= 15 is 0 Å². The van der Waals surface area contributed by atoms with Crippen molar-refractivity contribution < 1.29 is 9.26 Å². The van der Waals surface area contributed by atoms with Gasteiger partial charge in [0.1, 0.15) is 11.3 Å². The Labute approximate surface area is 234 Å². The van der Waals surface area contributed by atoms with Gasteiger partial charge >= 0.3 is 5.76 Å². The van der Waals surface area contributed by atoms with Crippen LogP contribution < -0.4 is 11.1 Å². The number of aromatic nitrogens is 6. The molecule has 2 aliphatic rings. The van der Waals surface area contributed by atoms with Gasteiger partial charge in [-0.1, -0.05) is 61.7 Å². The molecule has 2 atom stereocenters. The van der Waals surface area contributed by atoms with E-state index in [9.17, 15) is 4.79 Å². The Bertz CT molecular complexity index is 1480. The van der Waals surface area contributed by atoms with Gasteiger partial charge in [0.2, 0.25) is 11.6 Å². The Balaban J connectivity index is 1.52. The van der Waals surface area contributed by atoms with Crippen molar-refractivity contribution in [3.05, 3.63) is 52.3 Å². The molecule has 0 bridgehead atoms. The van der Waals surface area contributed by atoms with Crippen molar-refractivity contribution in [3.63, 3.8) is 0 Å². The summed E-state index contributed by atoms with van der Waals surface area (Å²) in [4.78, 5) is 29.3. The summed E-state index contributed by atoms with van der Waals surface area (Å²) in [7, 11) is 1.73. The van der Waals surface area contributed by atoms with Crippen LogP contribution in [-0.4, -0.2) is 49.4 Å². The Morgan fingerprint density at radius 3 is 2.52 bits per heavy atom. The average Bonchev–Trinajstić information content (AvgIpc) is 3.51. The van der Waals surface area contributed by atoms with Crippen molar-refractivity contribution in [1.82, 2.24) is 29.7 Å². The van der Waals surface area contributed by atoms with Gasteiger partial charge in [0, 0.05) is 19.7 Å². The van der Waals surface area contributed by atoms with Crippen molar-refractivity contribution in [1.29, 1.82) is 0 Å². The van der Waals surface area contributed by atoms with Crippen LogP contribution in [0.3, 0.4) is 0 Å². The molecule has 4 aromatic rings. The molecule has 40 heavy (non-hydrogen) atoms. The van der Waals surface area contributed by atoms with E-state index in [-0.39, 0.29) is 23.6 Å². The first-order valence-electron chi connectivity index (χ1n) is 14.6. The fraction of sp³-hybridized carbons (Fsp3) is 0.567. The molecule has 0 aliphatic heterocycles. The van der Waals surface area contributed by atoms with E-state index in [0.29, 0.717) is 24.1 Å². The van der Waals surface area contributed by atoms with Crippen molar-refractivity contribution in [2.75, 3.05) is 19.0 Å². The van der Waals surface area contributed by atoms with Gasteiger partial charge in [0.05, 0.1) is 12.5 Å². The van der Waals surface area contributed by atoms with Gasteiger partial charge in [-0.15, -0.1) is 0 Å². The highest BCUT2D eigenvalue weighted by Gasteiger charge is 2.30. The number of aromatic amines is 1. The summed E-state index contributed by atoms with van der Waals surface area (Å²) in [6.45, 7) is 5.91. The van der Waals surface area contributed by atoms with Crippen LogP contribution in [0.2, 0.25) is 0 Å².